The molecular formula is C15H13NO2. The Bertz CT molecular complexity index is 646. The topological polar surface area (TPSA) is 46.3 Å². The molecule has 3 aromatic rings. The molecule has 0 amide bonds. The van der Waals surface area contributed by atoms with Crippen molar-refractivity contribution < 1.29 is 9.52 Å². The zero-order valence-corrected chi connectivity index (χ0v) is 9.78. The molecule has 1 unspecified atom stereocenters. The molecule has 1 aromatic carbocycles. The third-order valence-corrected chi connectivity index (χ3v) is 2.99. The van der Waals surface area contributed by atoms with E-state index in [1.165, 1.54) is 0 Å². The Morgan fingerprint density at radius 1 is 1.17 bits per heavy atom. The van der Waals surface area contributed by atoms with Crippen molar-refractivity contribution in [3.8, 4) is 0 Å². The van der Waals surface area contributed by atoms with Gasteiger partial charge in [0, 0.05) is 18.0 Å². The number of aliphatic hydroxyl groups is 1. The number of aromatic nitrogens is 1. The first-order valence-electron chi connectivity index (χ1n) is 5.88. The maximum Gasteiger partial charge on any atom is 0.106 e. The van der Waals surface area contributed by atoms with Crippen molar-refractivity contribution in [1.82, 2.24) is 4.98 Å². The average Bonchev–Trinajstić information content (AvgIpc) is 2.91. The van der Waals surface area contributed by atoms with Crippen LogP contribution in [-0.4, -0.2) is 10.1 Å². The fourth-order valence-electron chi connectivity index (χ4n) is 2.04. The Hall–Kier alpha value is -2.13. The van der Waals surface area contributed by atoms with Crippen LogP contribution in [0.4, 0.5) is 0 Å². The van der Waals surface area contributed by atoms with Crippen LogP contribution in [0.3, 0.4) is 0 Å². The van der Waals surface area contributed by atoms with Gasteiger partial charge in [-0.3, -0.25) is 4.98 Å². The van der Waals surface area contributed by atoms with E-state index in [0.717, 1.165) is 22.2 Å². The zero-order chi connectivity index (χ0) is 12.4. The molecule has 0 spiro atoms. The summed E-state index contributed by atoms with van der Waals surface area (Å²) in [6.45, 7) is 0. The van der Waals surface area contributed by atoms with Gasteiger partial charge in [-0.1, -0.05) is 12.1 Å². The summed E-state index contributed by atoms with van der Waals surface area (Å²) in [4.78, 5) is 4.26. The van der Waals surface area contributed by atoms with E-state index in [9.17, 15) is 5.11 Å². The van der Waals surface area contributed by atoms with Gasteiger partial charge in [0.1, 0.15) is 5.76 Å². The maximum atomic E-state index is 10.2. The second kappa shape index (κ2) is 4.63. The van der Waals surface area contributed by atoms with Gasteiger partial charge in [0.05, 0.1) is 17.9 Å². The molecule has 3 heteroatoms. The molecule has 3 rings (SSSR count). The summed E-state index contributed by atoms with van der Waals surface area (Å²) in [7, 11) is 0. The smallest absolute Gasteiger partial charge is 0.106 e. The second-order valence-electron chi connectivity index (χ2n) is 4.25. The van der Waals surface area contributed by atoms with Crippen molar-refractivity contribution in [3.05, 3.63) is 66.2 Å². The van der Waals surface area contributed by atoms with Crippen molar-refractivity contribution in [3.63, 3.8) is 0 Å². The van der Waals surface area contributed by atoms with E-state index >= 15 is 0 Å². The van der Waals surface area contributed by atoms with Crippen LogP contribution in [0, 0.1) is 0 Å². The van der Waals surface area contributed by atoms with Gasteiger partial charge in [0.25, 0.3) is 0 Å². The predicted octanol–water partition coefficient (Wildman–Crippen LogP) is 3.10. The fraction of sp³-hybridized carbons (Fsp3) is 0.133. The summed E-state index contributed by atoms with van der Waals surface area (Å²) >= 11 is 0. The maximum absolute atomic E-state index is 10.2. The average molecular weight is 239 g/mol. The molecule has 0 aliphatic rings. The standard InChI is InChI=1S/C15H13NO2/c17-15(10-13-4-2-8-18-13)12-5-6-14-11(9-12)3-1-7-16-14/h1-9,15,17H,10H2. The Labute approximate surface area is 105 Å². The minimum atomic E-state index is -0.555. The molecule has 0 fully saturated rings. The first kappa shape index (κ1) is 11.0. The molecule has 90 valence electrons. The molecule has 0 bridgehead atoms. The van der Waals surface area contributed by atoms with Gasteiger partial charge >= 0.3 is 0 Å². The van der Waals surface area contributed by atoms with E-state index < -0.39 is 6.10 Å². The first-order chi connectivity index (χ1) is 8.83. The molecule has 0 aliphatic heterocycles. The summed E-state index contributed by atoms with van der Waals surface area (Å²) in [5.74, 6) is 0.786. The second-order valence-corrected chi connectivity index (χ2v) is 4.25. The van der Waals surface area contributed by atoms with Crippen molar-refractivity contribution in [1.29, 1.82) is 0 Å². The highest BCUT2D eigenvalue weighted by atomic mass is 16.3. The molecule has 3 nitrogen and oxygen atoms in total. The minimum Gasteiger partial charge on any atom is -0.469 e. The number of fused-ring (bicyclic) bond motifs is 1. The number of benzene rings is 1. The zero-order valence-electron chi connectivity index (χ0n) is 9.78. The summed E-state index contributed by atoms with van der Waals surface area (Å²) in [6, 6.07) is 13.4. The van der Waals surface area contributed by atoms with Crippen molar-refractivity contribution >= 4 is 10.9 Å². The van der Waals surface area contributed by atoms with Gasteiger partial charge in [-0.15, -0.1) is 0 Å². The van der Waals surface area contributed by atoms with Crippen LogP contribution in [0.2, 0.25) is 0 Å². The molecule has 2 heterocycles. The number of hydrogen-bond acceptors (Lipinski definition) is 3. The third kappa shape index (κ3) is 2.13. The highest BCUT2D eigenvalue weighted by Crippen LogP contribution is 2.22. The van der Waals surface area contributed by atoms with Gasteiger partial charge in [0.15, 0.2) is 0 Å². The van der Waals surface area contributed by atoms with E-state index in [1.807, 2.05) is 42.5 Å². The Balaban J connectivity index is 1.89. The van der Waals surface area contributed by atoms with Crippen LogP contribution < -0.4 is 0 Å². The number of nitrogens with zero attached hydrogens (tertiary/aromatic N) is 1. The SMILES string of the molecule is OC(Cc1ccco1)c1ccc2ncccc2c1. The van der Waals surface area contributed by atoms with Gasteiger partial charge in [-0.05, 0) is 35.9 Å². The molecule has 0 aliphatic carbocycles. The van der Waals surface area contributed by atoms with Crippen LogP contribution in [0.25, 0.3) is 10.9 Å². The molecule has 1 atom stereocenters. The lowest BCUT2D eigenvalue weighted by atomic mass is 10.0. The fourth-order valence-corrected chi connectivity index (χ4v) is 2.04. The van der Waals surface area contributed by atoms with Crippen LogP contribution in [0.5, 0.6) is 0 Å². The molecule has 2 aromatic heterocycles. The van der Waals surface area contributed by atoms with Crippen LogP contribution >= 0.6 is 0 Å². The lowest BCUT2D eigenvalue weighted by Crippen LogP contribution is -2.00. The van der Waals surface area contributed by atoms with Crippen molar-refractivity contribution in [2.24, 2.45) is 0 Å². The van der Waals surface area contributed by atoms with Crippen LogP contribution in [0.1, 0.15) is 17.4 Å². The van der Waals surface area contributed by atoms with E-state index in [0.29, 0.717) is 6.42 Å². The van der Waals surface area contributed by atoms with Crippen LogP contribution in [0.15, 0.2) is 59.3 Å². The quantitative estimate of drug-likeness (QED) is 0.763. The number of aliphatic hydroxyl groups excluding tert-OH is 1. The van der Waals surface area contributed by atoms with Gasteiger partial charge in [-0.2, -0.15) is 0 Å². The first-order valence-corrected chi connectivity index (χ1v) is 5.88. The monoisotopic (exact) mass is 239 g/mol. The van der Waals surface area contributed by atoms with E-state index in [4.69, 9.17) is 4.42 Å². The Morgan fingerprint density at radius 3 is 2.94 bits per heavy atom. The number of pyridine rings is 1. The molecule has 1 N–H and O–H groups in total. The van der Waals surface area contributed by atoms with Gasteiger partial charge in [0.2, 0.25) is 0 Å². The molecule has 0 radical (unpaired) electrons. The van der Waals surface area contributed by atoms with Crippen molar-refractivity contribution in [2.75, 3.05) is 0 Å². The van der Waals surface area contributed by atoms with E-state index in [2.05, 4.69) is 4.98 Å². The Morgan fingerprint density at radius 2 is 2.11 bits per heavy atom. The minimum absolute atomic E-state index is 0.485. The van der Waals surface area contributed by atoms with Crippen LogP contribution in [-0.2, 0) is 6.42 Å². The highest BCUT2D eigenvalue weighted by Gasteiger charge is 2.10. The number of hydrogen-bond donors (Lipinski definition) is 1. The highest BCUT2D eigenvalue weighted by molar-refractivity contribution is 5.79. The van der Waals surface area contributed by atoms with Gasteiger partial charge in [-0.25, -0.2) is 0 Å². The molecular weight excluding hydrogens is 226 g/mol. The number of furan rings is 1. The summed E-state index contributed by atoms with van der Waals surface area (Å²) in [5.41, 5.74) is 1.82. The summed E-state index contributed by atoms with van der Waals surface area (Å²) in [6.07, 6.45) is 3.31. The van der Waals surface area contributed by atoms with E-state index in [1.54, 1.807) is 12.5 Å². The normalized spacial score (nSPS) is 12.7. The van der Waals surface area contributed by atoms with Crippen molar-refractivity contribution in [2.45, 2.75) is 12.5 Å². The molecule has 0 saturated heterocycles. The van der Waals surface area contributed by atoms with Gasteiger partial charge < -0.3 is 9.52 Å². The predicted molar refractivity (Wildman–Crippen MR) is 69.1 cm³/mol. The van der Waals surface area contributed by atoms with E-state index in [-0.39, 0.29) is 0 Å². The summed E-state index contributed by atoms with van der Waals surface area (Å²) < 4.78 is 5.24. The molecule has 0 saturated carbocycles. The third-order valence-electron chi connectivity index (χ3n) is 2.99. The largest absolute Gasteiger partial charge is 0.469 e. The Kier molecular flexibility index (Phi) is 2.82. The lowest BCUT2D eigenvalue weighted by Gasteiger charge is -2.10. The summed E-state index contributed by atoms with van der Waals surface area (Å²) in [5, 5.41) is 11.2. The number of rotatable bonds is 3. The lowest BCUT2D eigenvalue weighted by molar-refractivity contribution is 0.170. The molecule has 18 heavy (non-hydrogen) atoms.